The first-order valence-electron chi connectivity index (χ1n) is 5.43. The van der Waals surface area contributed by atoms with Gasteiger partial charge in [0, 0.05) is 31.0 Å². The number of hydrogen-bond donors (Lipinski definition) is 2. The van der Waals surface area contributed by atoms with Gasteiger partial charge in [0.2, 0.25) is 0 Å². The Morgan fingerprint density at radius 3 is 3.13 bits per heavy atom. The van der Waals surface area contributed by atoms with Crippen LogP contribution in [0.4, 0.5) is 5.82 Å². The van der Waals surface area contributed by atoms with Crippen molar-refractivity contribution in [3.63, 3.8) is 0 Å². The van der Waals surface area contributed by atoms with Crippen molar-refractivity contribution >= 4 is 5.82 Å². The summed E-state index contributed by atoms with van der Waals surface area (Å²) in [6, 6.07) is 2.53. The third-order valence-corrected chi connectivity index (χ3v) is 2.60. The quantitative estimate of drug-likeness (QED) is 0.713. The molecule has 1 aliphatic rings. The van der Waals surface area contributed by atoms with Crippen LogP contribution in [0.5, 0.6) is 0 Å². The highest BCUT2D eigenvalue weighted by atomic mass is 15.3. The van der Waals surface area contributed by atoms with Crippen molar-refractivity contribution < 1.29 is 0 Å². The van der Waals surface area contributed by atoms with Gasteiger partial charge in [0.25, 0.3) is 0 Å². The molecular weight excluding hydrogens is 188 g/mol. The normalized spacial score (nSPS) is 18.9. The molecule has 1 aromatic rings. The Balaban J connectivity index is 2.01. The van der Waals surface area contributed by atoms with Crippen LogP contribution in [0.25, 0.3) is 0 Å². The average molecular weight is 206 g/mol. The van der Waals surface area contributed by atoms with E-state index in [0.717, 1.165) is 30.9 Å². The van der Waals surface area contributed by atoms with Gasteiger partial charge in [0.05, 0.1) is 6.04 Å². The van der Waals surface area contributed by atoms with E-state index in [1.165, 1.54) is 5.69 Å². The molecule has 2 heterocycles. The molecule has 1 unspecified atom stereocenters. The summed E-state index contributed by atoms with van der Waals surface area (Å²) >= 11 is 0. The zero-order valence-corrected chi connectivity index (χ0v) is 9.38. The Labute approximate surface area is 90.4 Å². The van der Waals surface area contributed by atoms with Crippen molar-refractivity contribution in [1.82, 2.24) is 15.1 Å². The molecule has 4 nitrogen and oxygen atoms in total. The van der Waals surface area contributed by atoms with Gasteiger partial charge in [0.15, 0.2) is 5.82 Å². The molecule has 2 N–H and O–H groups in total. The van der Waals surface area contributed by atoms with Crippen molar-refractivity contribution in [3.05, 3.63) is 24.0 Å². The second-order valence-corrected chi connectivity index (χ2v) is 4.01. The molecule has 2 rings (SSSR count). The number of nitrogens with zero attached hydrogens (tertiary/aromatic N) is 2. The lowest BCUT2D eigenvalue weighted by atomic mass is 10.2. The van der Waals surface area contributed by atoms with Crippen LogP contribution in [0.15, 0.2) is 18.3 Å². The number of rotatable bonds is 5. The van der Waals surface area contributed by atoms with E-state index in [0.29, 0.717) is 6.04 Å². The number of anilines is 1. The second-order valence-electron chi connectivity index (χ2n) is 4.01. The van der Waals surface area contributed by atoms with E-state index in [1.807, 2.05) is 11.7 Å². The molecule has 0 aliphatic carbocycles. The minimum Gasteiger partial charge on any atom is -0.341 e. The Hall–Kier alpha value is -1.29. The maximum absolute atomic E-state index is 4.40. The predicted octanol–water partition coefficient (Wildman–Crippen LogP) is 1.27. The molecule has 1 aliphatic heterocycles. The van der Waals surface area contributed by atoms with Gasteiger partial charge in [-0.15, -0.1) is 0 Å². The lowest BCUT2D eigenvalue weighted by Gasteiger charge is -2.02. The standard InChI is InChI=1S/C11H18N4/c1-4-5-9-6-11(14-15(9)3)13-8(2)10-7-12-10/h6,10,12H,2,4-5,7H2,1,3H3,(H,13,14). The zero-order chi connectivity index (χ0) is 10.8. The summed E-state index contributed by atoms with van der Waals surface area (Å²) in [5.41, 5.74) is 2.27. The van der Waals surface area contributed by atoms with Gasteiger partial charge in [-0.1, -0.05) is 19.9 Å². The summed E-state index contributed by atoms with van der Waals surface area (Å²) in [4.78, 5) is 0. The Morgan fingerprint density at radius 2 is 2.53 bits per heavy atom. The monoisotopic (exact) mass is 206 g/mol. The van der Waals surface area contributed by atoms with Crippen LogP contribution < -0.4 is 10.6 Å². The van der Waals surface area contributed by atoms with Gasteiger partial charge in [-0.05, 0) is 6.42 Å². The number of aromatic nitrogens is 2. The van der Waals surface area contributed by atoms with Gasteiger partial charge in [-0.3, -0.25) is 4.68 Å². The third kappa shape index (κ3) is 2.39. The Bertz CT molecular complexity index is 363. The minimum absolute atomic E-state index is 0.432. The van der Waals surface area contributed by atoms with Crippen LogP contribution in [0.1, 0.15) is 19.0 Å². The molecule has 0 bridgehead atoms. The molecule has 4 heteroatoms. The van der Waals surface area contributed by atoms with E-state index in [2.05, 4.69) is 35.3 Å². The number of hydrogen-bond acceptors (Lipinski definition) is 3. The fraction of sp³-hybridized carbons (Fsp3) is 0.545. The van der Waals surface area contributed by atoms with Crippen LogP contribution in [0.2, 0.25) is 0 Å². The van der Waals surface area contributed by atoms with Crippen LogP contribution in [-0.2, 0) is 13.5 Å². The van der Waals surface area contributed by atoms with Gasteiger partial charge in [-0.25, -0.2) is 0 Å². The minimum atomic E-state index is 0.432. The lowest BCUT2D eigenvalue weighted by Crippen LogP contribution is -2.07. The molecule has 0 saturated carbocycles. The maximum Gasteiger partial charge on any atom is 0.152 e. The number of nitrogens with one attached hydrogen (secondary N) is 2. The summed E-state index contributed by atoms with van der Waals surface area (Å²) < 4.78 is 1.93. The fourth-order valence-electron chi connectivity index (χ4n) is 1.61. The molecule has 1 fully saturated rings. The molecule has 0 radical (unpaired) electrons. The van der Waals surface area contributed by atoms with Crippen LogP contribution in [0.3, 0.4) is 0 Å². The van der Waals surface area contributed by atoms with Crippen molar-refractivity contribution in [2.24, 2.45) is 7.05 Å². The van der Waals surface area contributed by atoms with E-state index in [-0.39, 0.29) is 0 Å². The Morgan fingerprint density at radius 1 is 1.80 bits per heavy atom. The second kappa shape index (κ2) is 4.06. The summed E-state index contributed by atoms with van der Waals surface area (Å²) in [5, 5.41) is 10.8. The first-order valence-corrected chi connectivity index (χ1v) is 5.43. The van der Waals surface area contributed by atoms with E-state index in [1.54, 1.807) is 0 Å². The largest absolute Gasteiger partial charge is 0.341 e. The molecule has 1 aromatic heterocycles. The van der Waals surface area contributed by atoms with Crippen molar-refractivity contribution in [3.8, 4) is 0 Å². The highest BCUT2D eigenvalue weighted by Gasteiger charge is 2.23. The average Bonchev–Trinajstić information content (AvgIpc) is 2.95. The van der Waals surface area contributed by atoms with Gasteiger partial charge in [0.1, 0.15) is 0 Å². The van der Waals surface area contributed by atoms with E-state index in [4.69, 9.17) is 0 Å². The molecule has 1 atom stereocenters. The molecule has 15 heavy (non-hydrogen) atoms. The highest BCUT2D eigenvalue weighted by molar-refractivity contribution is 5.44. The van der Waals surface area contributed by atoms with E-state index in [9.17, 15) is 0 Å². The summed E-state index contributed by atoms with van der Waals surface area (Å²) in [5.74, 6) is 0.902. The molecule has 0 spiro atoms. The van der Waals surface area contributed by atoms with Crippen LogP contribution in [0, 0.1) is 0 Å². The number of aryl methyl sites for hydroxylation is 2. The van der Waals surface area contributed by atoms with Gasteiger partial charge < -0.3 is 10.6 Å². The van der Waals surface area contributed by atoms with Crippen LogP contribution >= 0.6 is 0 Å². The predicted molar refractivity (Wildman–Crippen MR) is 61.8 cm³/mol. The Kier molecular flexibility index (Phi) is 2.77. The molecule has 1 saturated heterocycles. The SMILES string of the molecule is C=C(Nc1cc(CCC)n(C)n1)C1CN1. The summed E-state index contributed by atoms with van der Waals surface area (Å²) in [7, 11) is 1.98. The summed E-state index contributed by atoms with van der Waals surface area (Å²) in [6.07, 6.45) is 2.21. The smallest absolute Gasteiger partial charge is 0.152 e. The van der Waals surface area contributed by atoms with Crippen molar-refractivity contribution in [2.45, 2.75) is 25.8 Å². The third-order valence-electron chi connectivity index (χ3n) is 2.60. The van der Waals surface area contributed by atoms with Crippen LogP contribution in [-0.4, -0.2) is 22.4 Å². The lowest BCUT2D eigenvalue weighted by molar-refractivity contribution is 0.699. The van der Waals surface area contributed by atoms with Gasteiger partial charge >= 0.3 is 0 Å². The topological polar surface area (TPSA) is 51.8 Å². The van der Waals surface area contributed by atoms with Gasteiger partial charge in [-0.2, -0.15) is 5.10 Å². The van der Waals surface area contributed by atoms with Crippen molar-refractivity contribution in [1.29, 1.82) is 0 Å². The maximum atomic E-state index is 4.40. The first-order chi connectivity index (χ1) is 7.20. The van der Waals surface area contributed by atoms with Crippen molar-refractivity contribution in [2.75, 3.05) is 11.9 Å². The molecule has 0 aromatic carbocycles. The summed E-state index contributed by atoms with van der Waals surface area (Å²) in [6.45, 7) is 7.18. The van der Waals surface area contributed by atoms with E-state index < -0.39 is 0 Å². The molecule has 0 amide bonds. The molecular formula is C11H18N4. The zero-order valence-electron chi connectivity index (χ0n) is 9.38. The first kappa shape index (κ1) is 10.2. The fourth-order valence-corrected chi connectivity index (χ4v) is 1.61. The van der Waals surface area contributed by atoms with E-state index >= 15 is 0 Å². The molecule has 82 valence electrons. The highest BCUT2D eigenvalue weighted by Crippen LogP contribution is 2.15.